The molecule has 0 unspecified atom stereocenters. The summed E-state index contributed by atoms with van der Waals surface area (Å²) >= 11 is 6.10. The second kappa shape index (κ2) is 10.0. The summed E-state index contributed by atoms with van der Waals surface area (Å²) in [6.45, 7) is 7.17. The van der Waals surface area contributed by atoms with E-state index in [2.05, 4.69) is 52.3 Å². The maximum absolute atomic E-state index is 6.10. The fraction of sp³-hybridized carbons (Fsp3) is 0.429. The van der Waals surface area contributed by atoms with Crippen molar-refractivity contribution in [3.63, 3.8) is 0 Å². The molecule has 0 bridgehead atoms. The van der Waals surface area contributed by atoms with E-state index in [-0.39, 0.29) is 6.04 Å². The fourth-order valence-electron chi connectivity index (χ4n) is 3.52. The van der Waals surface area contributed by atoms with Crippen LogP contribution < -0.4 is 5.73 Å². The fourth-order valence-corrected chi connectivity index (χ4v) is 3.64. The lowest BCUT2D eigenvalue weighted by Gasteiger charge is -2.39. The third kappa shape index (κ3) is 5.29. The first-order valence-corrected chi connectivity index (χ1v) is 9.70. The molecule has 0 amide bonds. The zero-order chi connectivity index (χ0) is 18.2. The molecule has 3 rings (SSSR count). The first-order valence-electron chi connectivity index (χ1n) is 9.32. The van der Waals surface area contributed by atoms with Gasteiger partial charge in [0, 0.05) is 44.3 Å². The molecule has 4 nitrogen and oxygen atoms in total. The number of benzene rings is 2. The predicted molar refractivity (Wildman–Crippen MR) is 108 cm³/mol. The molecule has 5 heteroatoms. The number of hydrogen-bond donors (Lipinski definition) is 1. The van der Waals surface area contributed by atoms with Crippen LogP contribution in [0, 0.1) is 0 Å². The van der Waals surface area contributed by atoms with Crippen molar-refractivity contribution < 1.29 is 4.74 Å². The summed E-state index contributed by atoms with van der Waals surface area (Å²) in [4.78, 5) is 5.03. The Morgan fingerprint density at radius 1 is 0.885 bits per heavy atom. The molecule has 1 aliphatic rings. The van der Waals surface area contributed by atoms with Crippen molar-refractivity contribution in [1.82, 2.24) is 9.80 Å². The second-order valence-electron chi connectivity index (χ2n) is 6.64. The van der Waals surface area contributed by atoms with Gasteiger partial charge < -0.3 is 10.5 Å². The average molecular weight is 374 g/mol. The molecule has 140 valence electrons. The highest BCUT2D eigenvalue weighted by atomic mass is 35.5. The molecule has 2 aromatic rings. The zero-order valence-corrected chi connectivity index (χ0v) is 15.9. The first kappa shape index (κ1) is 19.3. The SMILES string of the molecule is NCCOCCN1CCN([C@H](c2ccccc2)c2ccc(Cl)cc2)CC1. The van der Waals surface area contributed by atoms with Gasteiger partial charge in [-0.15, -0.1) is 0 Å². The summed E-state index contributed by atoms with van der Waals surface area (Å²) in [5.41, 5.74) is 8.09. The van der Waals surface area contributed by atoms with Gasteiger partial charge in [0.1, 0.15) is 0 Å². The molecule has 1 aliphatic heterocycles. The van der Waals surface area contributed by atoms with Crippen LogP contribution in [-0.2, 0) is 4.74 Å². The number of ether oxygens (including phenoxy) is 1. The Morgan fingerprint density at radius 3 is 2.19 bits per heavy atom. The van der Waals surface area contributed by atoms with Gasteiger partial charge in [0.05, 0.1) is 19.3 Å². The maximum Gasteiger partial charge on any atom is 0.0602 e. The summed E-state index contributed by atoms with van der Waals surface area (Å²) in [5.74, 6) is 0. The van der Waals surface area contributed by atoms with E-state index in [1.807, 2.05) is 12.1 Å². The van der Waals surface area contributed by atoms with Gasteiger partial charge in [0.25, 0.3) is 0 Å². The molecular formula is C21H28ClN3O. The Kier molecular flexibility index (Phi) is 7.47. The Bertz CT molecular complexity index is 642. The topological polar surface area (TPSA) is 41.7 Å². The number of hydrogen-bond acceptors (Lipinski definition) is 4. The van der Waals surface area contributed by atoms with Gasteiger partial charge in [-0.3, -0.25) is 9.80 Å². The summed E-state index contributed by atoms with van der Waals surface area (Å²) in [6, 6.07) is 19.3. The molecule has 0 aliphatic carbocycles. The van der Waals surface area contributed by atoms with Crippen LogP contribution in [0.3, 0.4) is 0 Å². The molecule has 0 saturated carbocycles. The molecule has 1 fully saturated rings. The number of nitrogens with two attached hydrogens (primary N) is 1. The molecule has 2 aromatic carbocycles. The van der Waals surface area contributed by atoms with Crippen LogP contribution in [0.15, 0.2) is 54.6 Å². The van der Waals surface area contributed by atoms with E-state index < -0.39 is 0 Å². The summed E-state index contributed by atoms with van der Waals surface area (Å²) in [7, 11) is 0. The van der Waals surface area contributed by atoms with Crippen molar-refractivity contribution in [2.75, 3.05) is 52.5 Å². The lowest BCUT2D eigenvalue weighted by atomic mass is 9.96. The molecule has 2 N–H and O–H groups in total. The van der Waals surface area contributed by atoms with E-state index in [1.54, 1.807) is 0 Å². The normalized spacial score (nSPS) is 17.3. The molecule has 0 radical (unpaired) electrons. The van der Waals surface area contributed by atoms with Crippen LogP contribution in [0.1, 0.15) is 17.2 Å². The Hall–Kier alpha value is -1.43. The van der Waals surface area contributed by atoms with Crippen molar-refractivity contribution in [2.45, 2.75) is 6.04 Å². The molecule has 1 heterocycles. The minimum atomic E-state index is 0.268. The van der Waals surface area contributed by atoms with Crippen LogP contribution in [0.25, 0.3) is 0 Å². The molecule has 1 saturated heterocycles. The molecule has 1 atom stereocenters. The van der Waals surface area contributed by atoms with Crippen LogP contribution in [-0.4, -0.2) is 62.3 Å². The summed E-state index contributed by atoms with van der Waals surface area (Å²) in [6.07, 6.45) is 0. The van der Waals surface area contributed by atoms with Gasteiger partial charge in [-0.25, -0.2) is 0 Å². The minimum absolute atomic E-state index is 0.268. The molecule has 26 heavy (non-hydrogen) atoms. The van der Waals surface area contributed by atoms with Gasteiger partial charge in [0.15, 0.2) is 0 Å². The van der Waals surface area contributed by atoms with E-state index in [1.165, 1.54) is 11.1 Å². The lowest BCUT2D eigenvalue weighted by molar-refractivity contribution is 0.0692. The van der Waals surface area contributed by atoms with E-state index >= 15 is 0 Å². The third-order valence-electron chi connectivity index (χ3n) is 4.89. The molecular weight excluding hydrogens is 346 g/mol. The van der Waals surface area contributed by atoms with Gasteiger partial charge in [-0.1, -0.05) is 54.1 Å². The Balaban J connectivity index is 1.66. The van der Waals surface area contributed by atoms with Crippen molar-refractivity contribution in [3.05, 3.63) is 70.7 Å². The highest BCUT2D eigenvalue weighted by molar-refractivity contribution is 6.30. The monoisotopic (exact) mass is 373 g/mol. The molecule has 0 aromatic heterocycles. The largest absolute Gasteiger partial charge is 0.379 e. The second-order valence-corrected chi connectivity index (χ2v) is 7.08. The quantitative estimate of drug-likeness (QED) is 0.722. The minimum Gasteiger partial charge on any atom is -0.379 e. The van der Waals surface area contributed by atoms with Gasteiger partial charge in [-0.05, 0) is 23.3 Å². The third-order valence-corrected chi connectivity index (χ3v) is 5.14. The van der Waals surface area contributed by atoms with E-state index in [0.717, 1.165) is 44.4 Å². The standard InChI is InChI=1S/C21H28ClN3O/c22-20-8-6-19(7-9-20)21(18-4-2-1-3-5-18)25-13-11-24(12-14-25)15-17-26-16-10-23/h1-9,21H,10-17,23H2/t21-/m1/s1. The smallest absolute Gasteiger partial charge is 0.0602 e. The highest BCUT2D eigenvalue weighted by Crippen LogP contribution is 2.30. The predicted octanol–water partition coefficient (Wildman–Crippen LogP) is 3.02. The molecule has 0 spiro atoms. The lowest BCUT2D eigenvalue weighted by Crippen LogP contribution is -2.48. The van der Waals surface area contributed by atoms with Crippen LogP contribution in [0.4, 0.5) is 0 Å². The van der Waals surface area contributed by atoms with Crippen molar-refractivity contribution in [1.29, 1.82) is 0 Å². The van der Waals surface area contributed by atoms with E-state index in [0.29, 0.717) is 13.2 Å². The Labute approximate surface area is 161 Å². The summed E-state index contributed by atoms with van der Waals surface area (Å²) in [5, 5.41) is 0.780. The number of halogens is 1. The van der Waals surface area contributed by atoms with E-state index in [4.69, 9.17) is 22.1 Å². The maximum atomic E-state index is 6.10. The number of nitrogens with zero attached hydrogens (tertiary/aromatic N) is 2. The van der Waals surface area contributed by atoms with E-state index in [9.17, 15) is 0 Å². The zero-order valence-electron chi connectivity index (χ0n) is 15.2. The van der Waals surface area contributed by atoms with Crippen molar-refractivity contribution in [3.8, 4) is 0 Å². The van der Waals surface area contributed by atoms with Crippen LogP contribution in [0.2, 0.25) is 5.02 Å². The van der Waals surface area contributed by atoms with Crippen molar-refractivity contribution in [2.24, 2.45) is 5.73 Å². The average Bonchev–Trinajstić information content (AvgIpc) is 2.69. The van der Waals surface area contributed by atoms with Gasteiger partial charge >= 0.3 is 0 Å². The van der Waals surface area contributed by atoms with Gasteiger partial charge in [-0.2, -0.15) is 0 Å². The van der Waals surface area contributed by atoms with Crippen LogP contribution >= 0.6 is 11.6 Å². The van der Waals surface area contributed by atoms with Crippen LogP contribution in [0.5, 0.6) is 0 Å². The van der Waals surface area contributed by atoms with Crippen molar-refractivity contribution >= 4 is 11.6 Å². The summed E-state index contributed by atoms with van der Waals surface area (Å²) < 4.78 is 5.52. The first-order chi connectivity index (χ1) is 12.8. The highest BCUT2D eigenvalue weighted by Gasteiger charge is 2.26. The number of rotatable bonds is 8. The number of piperazine rings is 1. The van der Waals surface area contributed by atoms with Gasteiger partial charge in [0.2, 0.25) is 0 Å². The Morgan fingerprint density at radius 2 is 1.54 bits per heavy atom.